The van der Waals surface area contributed by atoms with Crippen LogP contribution in [0.5, 0.6) is 0 Å². The normalized spacial score (nSPS) is 11.9. The first-order valence-electron chi connectivity index (χ1n) is 5.87. The number of hydrogen-bond acceptors (Lipinski definition) is 3. The van der Waals surface area contributed by atoms with Gasteiger partial charge in [-0.05, 0) is 31.2 Å². The molecule has 2 rings (SSSR count). The number of amides is 1. The van der Waals surface area contributed by atoms with Crippen molar-refractivity contribution < 1.29 is 4.79 Å². The molecule has 1 unspecified atom stereocenters. The van der Waals surface area contributed by atoms with Crippen molar-refractivity contribution in [1.29, 1.82) is 0 Å². The summed E-state index contributed by atoms with van der Waals surface area (Å²) in [5, 5.41) is 10.1. The zero-order valence-electron chi connectivity index (χ0n) is 10.7. The van der Waals surface area contributed by atoms with E-state index in [2.05, 4.69) is 31.7 Å². The molecule has 1 aromatic carbocycles. The molecule has 0 radical (unpaired) electrons. The first-order valence-corrected chi connectivity index (χ1v) is 6.66. The third-order valence-corrected chi connectivity index (χ3v) is 3.11. The van der Waals surface area contributed by atoms with Gasteiger partial charge in [0.1, 0.15) is 11.9 Å². The quantitative estimate of drug-likeness (QED) is 0.909. The highest BCUT2D eigenvalue weighted by Crippen LogP contribution is 2.14. The van der Waals surface area contributed by atoms with Gasteiger partial charge in [0.15, 0.2) is 0 Å². The van der Waals surface area contributed by atoms with Crippen molar-refractivity contribution in [2.24, 2.45) is 7.05 Å². The van der Waals surface area contributed by atoms with Crippen LogP contribution in [0.4, 0.5) is 11.5 Å². The van der Waals surface area contributed by atoms with Crippen molar-refractivity contribution >= 4 is 33.3 Å². The van der Waals surface area contributed by atoms with Gasteiger partial charge in [-0.3, -0.25) is 9.48 Å². The Morgan fingerprint density at radius 3 is 2.58 bits per heavy atom. The molecule has 1 aromatic heterocycles. The predicted molar refractivity (Wildman–Crippen MR) is 79.1 cm³/mol. The molecule has 19 heavy (non-hydrogen) atoms. The van der Waals surface area contributed by atoms with E-state index in [1.54, 1.807) is 11.6 Å². The van der Waals surface area contributed by atoms with Crippen LogP contribution in [-0.2, 0) is 11.8 Å². The van der Waals surface area contributed by atoms with Gasteiger partial charge < -0.3 is 10.6 Å². The molecule has 0 aliphatic carbocycles. The third kappa shape index (κ3) is 3.82. The molecule has 1 amide bonds. The molecule has 6 heteroatoms. The summed E-state index contributed by atoms with van der Waals surface area (Å²) in [6, 6.07) is 8.91. The van der Waals surface area contributed by atoms with Crippen molar-refractivity contribution in [3.05, 3.63) is 41.0 Å². The predicted octanol–water partition coefficient (Wildman–Crippen LogP) is 2.62. The molecule has 2 N–H and O–H groups in total. The second-order valence-corrected chi connectivity index (χ2v) is 5.15. The van der Waals surface area contributed by atoms with Crippen molar-refractivity contribution in [3.63, 3.8) is 0 Å². The summed E-state index contributed by atoms with van der Waals surface area (Å²) < 4.78 is 2.66. The number of carbonyl (C=O) groups is 1. The molecule has 0 saturated heterocycles. The molecule has 0 bridgehead atoms. The van der Waals surface area contributed by atoms with Crippen LogP contribution in [0.25, 0.3) is 0 Å². The number of aryl methyl sites for hydroxylation is 1. The van der Waals surface area contributed by atoms with Gasteiger partial charge in [0.25, 0.3) is 0 Å². The van der Waals surface area contributed by atoms with E-state index in [-0.39, 0.29) is 11.9 Å². The lowest BCUT2D eigenvalue weighted by Crippen LogP contribution is -2.32. The molecule has 2 aromatic rings. The third-order valence-electron chi connectivity index (χ3n) is 2.58. The molecule has 0 fully saturated rings. The van der Waals surface area contributed by atoms with Gasteiger partial charge in [0.05, 0.1) is 0 Å². The van der Waals surface area contributed by atoms with Crippen LogP contribution in [-0.4, -0.2) is 21.7 Å². The monoisotopic (exact) mass is 322 g/mol. The Morgan fingerprint density at radius 2 is 2.00 bits per heavy atom. The second kappa shape index (κ2) is 5.88. The summed E-state index contributed by atoms with van der Waals surface area (Å²) in [7, 11) is 1.83. The SMILES string of the molecule is CC(Nc1ccn(C)n1)C(=O)Nc1ccc(Br)cc1. The van der Waals surface area contributed by atoms with Gasteiger partial charge >= 0.3 is 0 Å². The van der Waals surface area contributed by atoms with Crippen LogP contribution in [0.1, 0.15) is 6.92 Å². The van der Waals surface area contributed by atoms with E-state index in [0.717, 1.165) is 10.2 Å². The van der Waals surface area contributed by atoms with Crippen LogP contribution in [0, 0.1) is 0 Å². The van der Waals surface area contributed by atoms with Gasteiger partial charge in [-0.15, -0.1) is 0 Å². The van der Waals surface area contributed by atoms with Crippen LogP contribution in [0.3, 0.4) is 0 Å². The van der Waals surface area contributed by atoms with E-state index in [0.29, 0.717) is 5.82 Å². The van der Waals surface area contributed by atoms with Crippen molar-refractivity contribution in [2.75, 3.05) is 10.6 Å². The lowest BCUT2D eigenvalue weighted by Gasteiger charge is -2.13. The Balaban J connectivity index is 1.94. The fraction of sp³-hybridized carbons (Fsp3) is 0.231. The smallest absolute Gasteiger partial charge is 0.246 e. The second-order valence-electron chi connectivity index (χ2n) is 4.24. The van der Waals surface area contributed by atoms with Crippen LogP contribution >= 0.6 is 15.9 Å². The fourth-order valence-electron chi connectivity index (χ4n) is 1.56. The van der Waals surface area contributed by atoms with Gasteiger partial charge in [0.2, 0.25) is 5.91 Å². The average molecular weight is 323 g/mol. The summed E-state index contributed by atoms with van der Waals surface area (Å²) in [4.78, 5) is 12.0. The lowest BCUT2D eigenvalue weighted by atomic mass is 10.2. The van der Waals surface area contributed by atoms with Gasteiger partial charge in [-0.1, -0.05) is 15.9 Å². The number of nitrogens with one attached hydrogen (secondary N) is 2. The largest absolute Gasteiger partial charge is 0.357 e. The summed E-state index contributed by atoms with van der Waals surface area (Å²) >= 11 is 3.35. The highest BCUT2D eigenvalue weighted by Gasteiger charge is 2.13. The molecule has 1 heterocycles. The van der Waals surface area contributed by atoms with E-state index in [1.165, 1.54) is 0 Å². The standard InChI is InChI=1S/C13H15BrN4O/c1-9(15-12-7-8-18(2)17-12)13(19)16-11-5-3-10(14)4-6-11/h3-9H,1-2H3,(H,15,17)(H,16,19). The maximum atomic E-state index is 12.0. The Morgan fingerprint density at radius 1 is 1.32 bits per heavy atom. The summed E-state index contributed by atoms with van der Waals surface area (Å²) in [5.74, 6) is 0.578. The summed E-state index contributed by atoms with van der Waals surface area (Å²) in [6.07, 6.45) is 1.82. The number of rotatable bonds is 4. The Labute approximate surface area is 120 Å². The molecular formula is C13H15BrN4O. The van der Waals surface area contributed by atoms with Crippen LogP contribution in [0.15, 0.2) is 41.0 Å². The van der Waals surface area contributed by atoms with Gasteiger partial charge in [-0.2, -0.15) is 5.10 Å². The van der Waals surface area contributed by atoms with Crippen molar-refractivity contribution in [2.45, 2.75) is 13.0 Å². The Bertz CT molecular complexity index is 564. The summed E-state index contributed by atoms with van der Waals surface area (Å²) in [6.45, 7) is 1.79. The van der Waals surface area contributed by atoms with E-state index in [9.17, 15) is 4.79 Å². The molecule has 1 atom stereocenters. The van der Waals surface area contributed by atoms with E-state index < -0.39 is 0 Å². The molecular weight excluding hydrogens is 308 g/mol. The van der Waals surface area contributed by atoms with Gasteiger partial charge in [-0.25, -0.2) is 0 Å². The van der Waals surface area contributed by atoms with Crippen molar-refractivity contribution in [1.82, 2.24) is 9.78 Å². The fourth-order valence-corrected chi connectivity index (χ4v) is 1.83. The number of anilines is 2. The van der Waals surface area contributed by atoms with Gasteiger partial charge in [0, 0.05) is 29.5 Å². The average Bonchev–Trinajstić information content (AvgIpc) is 2.77. The van der Waals surface area contributed by atoms with E-state index in [4.69, 9.17) is 0 Å². The molecule has 0 spiro atoms. The number of benzene rings is 1. The number of hydrogen-bond donors (Lipinski definition) is 2. The van der Waals surface area contributed by atoms with E-state index in [1.807, 2.05) is 43.6 Å². The number of carbonyl (C=O) groups excluding carboxylic acids is 1. The minimum absolute atomic E-state index is 0.104. The summed E-state index contributed by atoms with van der Waals surface area (Å²) in [5.41, 5.74) is 0.767. The molecule has 0 aliphatic heterocycles. The Kier molecular flexibility index (Phi) is 4.21. The topological polar surface area (TPSA) is 59.0 Å². The molecule has 0 saturated carbocycles. The minimum atomic E-state index is -0.362. The Hall–Kier alpha value is -1.82. The first kappa shape index (κ1) is 13.6. The zero-order chi connectivity index (χ0) is 13.8. The van der Waals surface area contributed by atoms with Crippen molar-refractivity contribution in [3.8, 4) is 0 Å². The number of aromatic nitrogens is 2. The lowest BCUT2D eigenvalue weighted by molar-refractivity contribution is -0.116. The minimum Gasteiger partial charge on any atom is -0.357 e. The maximum Gasteiger partial charge on any atom is 0.246 e. The maximum absolute atomic E-state index is 12.0. The zero-order valence-corrected chi connectivity index (χ0v) is 12.3. The first-order chi connectivity index (χ1) is 9.04. The van der Waals surface area contributed by atoms with E-state index >= 15 is 0 Å². The van der Waals surface area contributed by atoms with Crippen LogP contribution < -0.4 is 10.6 Å². The van der Waals surface area contributed by atoms with Crippen LogP contribution in [0.2, 0.25) is 0 Å². The highest BCUT2D eigenvalue weighted by molar-refractivity contribution is 9.10. The molecule has 100 valence electrons. The number of halogens is 1. The highest BCUT2D eigenvalue weighted by atomic mass is 79.9. The molecule has 5 nitrogen and oxygen atoms in total. The molecule has 0 aliphatic rings. The number of nitrogens with zero attached hydrogens (tertiary/aromatic N) is 2.